The topological polar surface area (TPSA) is 45.2 Å². The van der Waals surface area contributed by atoms with E-state index < -0.39 is 0 Å². The maximum Gasteiger partial charge on any atom is 0.220 e. The number of carbonyl (C=O) groups excluding carboxylic acids is 1. The van der Waals surface area contributed by atoms with Crippen molar-refractivity contribution < 1.29 is 4.79 Å². The van der Waals surface area contributed by atoms with E-state index >= 15 is 0 Å². The zero-order valence-electron chi connectivity index (χ0n) is 14.3. The molecule has 128 valence electrons. The molecule has 0 aliphatic heterocycles. The van der Waals surface area contributed by atoms with Gasteiger partial charge in [0.2, 0.25) is 5.91 Å². The van der Waals surface area contributed by atoms with Gasteiger partial charge < -0.3 is 10.2 Å². The Labute approximate surface area is 152 Å². The van der Waals surface area contributed by atoms with Gasteiger partial charge in [-0.15, -0.1) is 0 Å². The molecule has 0 saturated carbocycles. The van der Waals surface area contributed by atoms with Crippen LogP contribution in [0.2, 0.25) is 0 Å². The van der Waals surface area contributed by atoms with E-state index in [4.69, 9.17) is 0 Å². The van der Waals surface area contributed by atoms with Gasteiger partial charge in [0.15, 0.2) is 0 Å². The number of nitrogens with zero attached hydrogens (tertiary/aromatic N) is 2. The van der Waals surface area contributed by atoms with Crippen molar-refractivity contribution in [3.8, 4) is 0 Å². The normalized spacial score (nSPS) is 10.5. The number of hydrogen-bond donors (Lipinski definition) is 1. The van der Waals surface area contributed by atoms with Crippen LogP contribution in [0.4, 0.5) is 5.82 Å². The van der Waals surface area contributed by atoms with Gasteiger partial charge in [-0.2, -0.15) is 0 Å². The van der Waals surface area contributed by atoms with Gasteiger partial charge >= 0.3 is 0 Å². The summed E-state index contributed by atoms with van der Waals surface area (Å²) in [5, 5.41) is 2.96. The highest BCUT2D eigenvalue weighted by Crippen LogP contribution is 2.17. The molecule has 0 unspecified atom stereocenters. The molecule has 0 aliphatic rings. The summed E-state index contributed by atoms with van der Waals surface area (Å²) in [5.41, 5.74) is 2.16. The van der Waals surface area contributed by atoms with Crippen LogP contribution in [0.3, 0.4) is 0 Å². The Bertz CT molecular complexity index is 654. The highest BCUT2D eigenvalue weighted by Gasteiger charge is 2.06. The third-order valence-corrected chi connectivity index (χ3v) is 4.74. The third kappa shape index (κ3) is 5.34. The van der Waals surface area contributed by atoms with Crippen molar-refractivity contribution in [1.82, 2.24) is 10.3 Å². The molecule has 1 aromatic heterocycles. The first-order valence-electron chi connectivity index (χ1n) is 8.34. The van der Waals surface area contributed by atoms with E-state index in [-0.39, 0.29) is 5.91 Å². The Morgan fingerprint density at radius 3 is 2.54 bits per heavy atom. The Morgan fingerprint density at radius 2 is 1.92 bits per heavy atom. The summed E-state index contributed by atoms with van der Waals surface area (Å²) in [6.45, 7) is 6.62. The molecule has 1 heterocycles. The van der Waals surface area contributed by atoms with Gasteiger partial charge in [0, 0.05) is 36.7 Å². The Hall–Kier alpha value is -1.88. The number of aryl methyl sites for hydroxylation is 1. The Morgan fingerprint density at radius 1 is 1.17 bits per heavy atom. The molecule has 24 heavy (non-hydrogen) atoms. The zero-order chi connectivity index (χ0) is 17.4. The molecule has 1 amide bonds. The molecular weight excluding hydrogens is 366 g/mol. The second-order valence-electron chi connectivity index (χ2n) is 5.57. The van der Waals surface area contributed by atoms with Gasteiger partial charge in [-0.05, 0) is 43.5 Å². The lowest BCUT2D eigenvalue weighted by atomic mass is 10.1. The SMILES string of the molecule is CCN(CC)c1ccc(CNC(=O)CCc2ccccc2Br)cn1. The predicted octanol–water partition coefficient (Wildman–Crippen LogP) is 3.94. The van der Waals surface area contributed by atoms with E-state index in [2.05, 4.69) is 45.0 Å². The summed E-state index contributed by atoms with van der Waals surface area (Å²) in [7, 11) is 0. The molecule has 0 aliphatic carbocycles. The molecule has 0 radical (unpaired) electrons. The van der Waals surface area contributed by atoms with Crippen LogP contribution in [0, 0.1) is 0 Å². The van der Waals surface area contributed by atoms with Gasteiger partial charge in [0.05, 0.1) is 0 Å². The van der Waals surface area contributed by atoms with Crippen molar-refractivity contribution in [1.29, 1.82) is 0 Å². The van der Waals surface area contributed by atoms with Gasteiger partial charge in [-0.3, -0.25) is 4.79 Å². The molecule has 0 bridgehead atoms. The summed E-state index contributed by atoms with van der Waals surface area (Å²) < 4.78 is 1.05. The highest BCUT2D eigenvalue weighted by molar-refractivity contribution is 9.10. The zero-order valence-corrected chi connectivity index (χ0v) is 15.8. The van der Waals surface area contributed by atoms with Crippen LogP contribution in [-0.4, -0.2) is 24.0 Å². The van der Waals surface area contributed by atoms with Crippen molar-refractivity contribution in [2.24, 2.45) is 0 Å². The Balaban J connectivity index is 1.80. The number of pyridine rings is 1. The first kappa shape index (κ1) is 18.5. The summed E-state index contributed by atoms with van der Waals surface area (Å²) >= 11 is 3.51. The quantitative estimate of drug-likeness (QED) is 0.743. The first-order chi connectivity index (χ1) is 11.6. The van der Waals surface area contributed by atoms with Crippen LogP contribution in [0.25, 0.3) is 0 Å². The van der Waals surface area contributed by atoms with Gasteiger partial charge in [0.25, 0.3) is 0 Å². The van der Waals surface area contributed by atoms with Crippen molar-refractivity contribution in [2.75, 3.05) is 18.0 Å². The average Bonchev–Trinajstić information content (AvgIpc) is 2.61. The number of carbonyl (C=O) groups is 1. The number of halogens is 1. The molecule has 0 spiro atoms. The van der Waals surface area contributed by atoms with E-state index in [9.17, 15) is 4.79 Å². The van der Waals surface area contributed by atoms with Crippen LogP contribution in [0.1, 0.15) is 31.4 Å². The minimum Gasteiger partial charge on any atom is -0.357 e. The predicted molar refractivity (Wildman–Crippen MR) is 102 cm³/mol. The highest BCUT2D eigenvalue weighted by atomic mass is 79.9. The van der Waals surface area contributed by atoms with Crippen molar-refractivity contribution in [3.05, 3.63) is 58.2 Å². The third-order valence-electron chi connectivity index (χ3n) is 3.97. The maximum absolute atomic E-state index is 12.0. The molecule has 2 rings (SSSR count). The van der Waals surface area contributed by atoms with E-state index in [1.54, 1.807) is 0 Å². The maximum atomic E-state index is 12.0. The van der Waals surface area contributed by atoms with Crippen LogP contribution >= 0.6 is 15.9 Å². The standard InChI is InChI=1S/C19H24BrN3O/c1-3-23(4-2)18-11-9-15(13-21-18)14-22-19(24)12-10-16-7-5-6-8-17(16)20/h5-9,11,13H,3-4,10,12,14H2,1-2H3,(H,22,24). The monoisotopic (exact) mass is 389 g/mol. The number of hydrogen-bond acceptors (Lipinski definition) is 3. The fourth-order valence-corrected chi connectivity index (χ4v) is 2.98. The lowest BCUT2D eigenvalue weighted by Crippen LogP contribution is -2.24. The molecule has 0 atom stereocenters. The van der Waals surface area contributed by atoms with Crippen LogP contribution < -0.4 is 10.2 Å². The fraction of sp³-hybridized carbons (Fsp3) is 0.368. The van der Waals surface area contributed by atoms with Crippen LogP contribution in [0.5, 0.6) is 0 Å². The number of benzene rings is 1. The van der Waals surface area contributed by atoms with Gasteiger partial charge in [-0.1, -0.05) is 40.2 Å². The minimum atomic E-state index is 0.0542. The largest absolute Gasteiger partial charge is 0.357 e. The molecule has 5 heteroatoms. The van der Waals surface area contributed by atoms with E-state index in [0.717, 1.165) is 40.9 Å². The Kier molecular flexibility index (Phi) is 7.25. The summed E-state index contributed by atoms with van der Waals surface area (Å²) in [6, 6.07) is 12.0. The lowest BCUT2D eigenvalue weighted by molar-refractivity contribution is -0.121. The number of nitrogens with one attached hydrogen (secondary N) is 1. The van der Waals surface area contributed by atoms with E-state index in [1.165, 1.54) is 0 Å². The second kappa shape index (κ2) is 9.42. The van der Waals surface area contributed by atoms with Crippen molar-refractivity contribution in [2.45, 2.75) is 33.2 Å². The summed E-state index contributed by atoms with van der Waals surface area (Å²) in [5.74, 6) is 1.03. The summed E-state index contributed by atoms with van der Waals surface area (Å²) in [4.78, 5) is 18.7. The lowest BCUT2D eigenvalue weighted by Gasteiger charge is -2.19. The van der Waals surface area contributed by atoms with Crippen LogP contribution in [-0.2, 0) is 17.8 Å². The molecular formula is C19H24BrN3O. The second-order valence-corrected chi connectivity index (χ2v) is 6.42. The van der Waals surface area contributed by atoms with Crippen molar-refractivity contribution >= 4 is 27.7 Å². The number of aromatic nitrogens is 1. The number of rotatable bonds is 8. The fourth-order valence-electron chi connectivity index (χ4n) is 2.49. The van der Waals surface area contributed by atoms with Gasteiger partial charge in [0.1, 0.15) is 5.82 Å². The molecule has 1 N–H and O–H groups in total. The first-order valence-corrected chi connectivity index (χ1v) is 9.13. The number of amides is 1. The smallest absolute Gasteiger partial charge is 0.220 e. The summed E-state index contributed by atoms with van der Waals surface area (Å²) in [6.07, 6.45) is 3.04. The molecule has 1 aromatic carbocycles. The van der Waals surface area contributed by atoms with Gasteiger partial charge in [-0.25, -0.2) is 4.98 Å². The molecule has 2 aromatic rings. The average molecular weight is 390 g/mol. The molecule has 4 nitrogen and oxygen atoms in total. The minimum absolute atomic E-state index is 0.0542. The van der Waals surface area contributed by atoms with E-state index in [1.807, 2.05) is 42.6 Å². The number of anilines is 1. The van der Waals surface area contributed by atoms with E-state index in [0.29, 0.717) is 13.0 Å². The van der Waals surface area contributed by atoms with Crippen LogP contribution in [0.15, 0.2) is 47.1 Å². The molecule has 0 fully saturated rings. The molecule has 0 saturated heterocycles. The van der Waals surface area contributed by atoms with Crippen molar-refractivity contribution in [3.63, 3.8) is 0 Å².